The highest BCUT2D eigenvalue weighted by molar-refractivity contribution is 5.33. The summed E-state index contributed by atoms with van der Waals surface area (Å²) in [7, 11) is 0. The smallest absolute Gasteiger partial charge is 0.250 e. The van der Waals surface area contributed by atoms with E-state index in [0.717, 1.165) is 6.42 Å². The van der Waals surface area contributed by atoms with Gasteiger partial charge in [-0.05, 0) is 19.4 Å². The zero-order valence-electron chi connectivity index (χ0n) is 7.45. The summed E-state index contributed by atoms with van der Waals surface area (Å²) in [5.41, 5.74) is 6.21. The number of aromatic nitrogens is 1. The second-order valence-corrected chi connectivity index (χ2v) is 2.97. The molecule has 0 spiro atoms. The van der Waals surface area contributed by atoms with Crippen LogP contribution in [0.3, 0.4) is 0 Å². The molecule has 2 N–H and O–H groups in total. The summed E-state index contributed by atoms with van der Waals surface area (Å²) in [5.74, 6) is 0. The number of nitrogen functional groups attached to an aromatic ring is 1. The minimum absolute atomic E-state index is 0.0125. The lowest BCUT2D eigenvalue weighted by molar-refractivity contribution is 0.515. The molecule has 0 aromatic carbocycles. The lowest BCUT2D eigenvalue weighted by Crippen LogP contribution is -2.21. The van der Waals surface area contributed by atoms with Crippen molar-refractivity contribution in [3.8, 4) is 0 Å². The maximum Gasteiger partial charge on any atom is 0.250 e. The molecular weight excluding hydrogens is 152 g/mol. The van der Waals surface area contributed by atoms with E-state index in [2.05, 4.69) is 0 Å². The van der Waals surface area contributed by atoms with Crippen LogP contribution in [0.25, 0.3) is 0 Å². The summed E-state index contributed by atoms with van der Waals surface area (Å²) in [6.07, 6.45) is 2.62. The van der Waals surface area contributed by atoms with Crippen LogP contribution in [-0.2, 0) is 0 Å². The van der Waals surface area contributed by atoms with Crippen molar-refractivity contribution in [3.63, 3.8) is 0 Å². The molecule has 1 rings (SSSR count). The molecular formula is C9H14N2O. The first-order valence-corrected chi connectivity index (χ1v) is 4.12. The van der Waals surface area contributed by atoms with Gasteiger partial charge in [-0.3, -0.25) is 4.79 Å². The van der Waals surface area contributed by atoms with E-state index in [9.17, 15) is 4.79 Å². The Hall–Kier alpha value is -1.25. The number of hydrogen-bond acceptors (Lipinski definition) is 2. The number of nitrogens with two attached hydrogens (primary N) is 1. The highest BCUT2D eigenvalue weighted by Gasteiger charge is 2.02. The fourth-order valence-corrected chi connectivity index (χ4v) is 1.06. The number of anilines is 1. The van der Waals surface area contributed by atoms with Gasteiger partial charge in [-0.2, -0.15) is 0 Å². The van der Waals surface area contributed by atoms with Crippen molar-refractivity contribution in [1.29, 1.82) is 0 Å². The fraction of sp³-hybridized carbons (Fsp3) is 0.444. The molecule has 0 amide bonds. The third-order valence-corrected chi connectivity index (χ3v) is 2.03. The molecule has 0 aliphatic heterocycles. The van der Waals surface area contributed by atoms with Crippen molar-refractivity contribution >= 4 is 5.69 Å². The van der Waals surface area contributed by atoms with Gasteiger partial charge in [0.25, 0.3) is 5.56 Å². The minimum Gasteiger partial charge on any atom is -0.398 e. The van der Waals surface area contributed by atoms with Gasteiger partial charge in [0.05, 0.1) is 0 Å². The molecule has 1 aromatic heterocycles. The molecule has 1 atom stereocenters. The zero-order valence-corrected chi connectivity index (χ0v) is 7.45. The second kappa shape index (κ2) is 3.43. The van der Waals surface area contributed by atoms with Crippen molar-refractivity contribution < 1.29 is 0 Å². The van der Waals surface area contributed by atoms with Crippen LogP contribution in [0, 0.1) is 0 Å². The molecule has 0 aliphatic carbocycles. The Morgan fingerprint density at radius 2 is 2.25 bits per heavy atom. The minimum atomic E-state index is 0.0125. The molecule has 66 valence electrons. The first-order chi connectivity index (χ1) is 5.65. The van der Waals surface area contributed by atoms with Gasteiger partial charge in [0.15, 0.2) is 0 Å². The molecule has 3 nitrogen and oxygen atoms in total. The zero-order chi connectivity index (χ0) is 9.14. The Morgan fingerprint density at radius 3 is 2.83 bits per heavy atom. The lowest BCUT2D eigenvalue weighted by Gasteiger charge is -2.12. The summed E-state index contributed by atoms with van der Waals surface area (Å²) >= 11 is 0. The van der Waals surface area contributed by atoms with Gasteiger partial charge < -0.3 is 10.3 Å². The first kappa shape index (κ1) is 8.84. The van der Waals surface area contributed by atoms with E-state index in [0.29, 0.717) is 5.69 Å². The van der Waals surface area contributed by atoms with E-state index < -0.39 is 0 Å². The molecule has 0 saturated carbocycles. The quantitative estimate of drug-likeness (QED) is 0.722. The molecule has 3 heteroatoms. The topological polar surface area (TPSA) is 48.0 Å². The molecule has 12 heavy (non-hydrogen) atoms. The summed E-state index contributed by atoms with van der Waals surface area (Å²) < 4.78 is 1.66. The highest BCUT2D eigenvalue weighted by Crippen LogP contribution is 2.08. The highest BCUT2D eigenvalue weighted by atomic mass is 16.1. The number of nitrogens with zero attached hydrogens (tertiary/aromatic N) is 1. The van der Waals surface area contributed by atoms with Crippen molar-refractivity contribution in [2.75, 3.05) is 5.73 Å². The van der Waals surface area contributed by atoms with Gasteiger partial charge in [-0.25, -0.2) is 0 Å². The van der Waals surface area contributed by atoms with Gasteiger partial charge >= 0.3 is 0 Å². The molecule has 0 saturated heterocycles. The van der Waals surface area contributed by atoms with E-state index in [4.69, 9.17) is 5.73 Å². The van der Waals surface area contributed by atoms with Crippen LogP contribution in [0.15, 0.2) is 23.1 Å². The monoisotopic (exact) mass is 166 g/mol. The van der Waals surface area contributed by atoms with Crippen molar-refractivity contribution in [2.24, 2.45) is 0 Å². The van der Waals surface area contributed by atoms with Crippen LogP contribution in [-0.4, -0.2) is 4.57 Å². The summed E-state index contributed by atoms with van der Waals surface area (Å²) in [6.45, 7) is 4.04. The molecule has 0 fully saturated rings. The number of hydrogen-bond donors (Lipinski definition) is 1. The Labute approximate surface area is 71.8 Å². The van der Waals surface area contributed by atoms with Gasteiger partial charge in [-0.1, -0.05) is 6.92 Å². The maximum atomic E-state index is 11.3. The van der Waals surface area contributed by atoms with Crippen molar-refractivity contribution in [2.45, 2.75) is 26.3 Å². The number of pyridine rings is 1. The SMILES string of the molecule is CCC(C)n1cc(N)ccc1=O. The van der Waals surface area contributed by atoms with Crippen LogP contribution >= 0.6 is 0 Å². The lowest BCUT2D eigenvalue weighted by atomic mass is 10.2. The molecule has 0 bridgehead atoms. The molecule has 0 radical (unpaired) electrons. The predicted molar refractivity (Wildman–Crippen MR) is 50.1 cm³/mol. The van der Waals surface area contributed by atoms with Gasteiger partial charge in [0, 0.05) is 24.0 Å². The van der Waals surface area contributed by atoms with E-state index in [1.807, 2.05) is 13.8 Å². The third kappa shape index (κ3) is 1.67. The fourth-order valence-electron chi connectivity index (χ4n) is 1.06. The first-order valence-electron chi connectivity index (χ1n) is 4.12. The predicted octanol–water partition coefficient (Wildman–Crippen LogP) is 1.40. The number of rotatable bonds is 2. The van der Waals surface area contributed by atoms with Gasteiger partial charge in [0.1, 0.15) is 0 Å². The van der Waals surface area contributed by atoms with Gasteiger partial charge in [0.2, 0.25) is 0 Å². The molecule has 0 aliphatic rings. The standard InChI is InChI=1S/C9H14N2O/c1-3-7(2)11-6-8(10)4-5-9(11)12/h4-7H,3,10H2,1-2H3. The second-order valence-electron chi connectivity index (χ2n) is 2.97. The Morgan fingerprint density at radius 1 is 1.58 bits per heavy atom. The largest absolute Gasteiger partial charge is 0.398 e. The van der Waals surface area contributed by atoms with Crippen LogP contribution < -0.4 is 11.3 Å². The van der Waals surface area contributed by atoms with Crippen LogP contribution in [0.5, 0.6) is 0 Å². The van der Waals surface area contributed by atoms with Crippen LogP contribution in [0.1, 0.15) is 26.3 Å². The average molecular weight is 166 g/mol. The Balaban J connectivity index is 3.13. The normalized spacial score (nSPS) is 12.8. The maximum absolute atomic E-state index is 11.3. The molecule has 1 aromatic rings. The van der Waals surface area contributed by atoms with E-state index in [1.54, 1.807) is 16.8 Å². The van der Waals surface area contributed by atoms with E-state index in [-0.39, 0.29) is 11.6 Å². The van der Waals surface area contributed by atoms with Crippen LogP contribution in [0.4, 0.5) is 5.69 Å². The Kier molecular flexibility index (Phi) is 2.53. The molecule has 1 heterocycles. The third-order valence-electron chi connectivity index (χ3n) is 2.03. The summed E-state index contributed by atoms with van der Waals surface area (Å²) in [6, 6.07) is 3.35. The van der Waals surface area contributed by atoms with E-state index >= 15 is 0 Å². The van der Waals surface area contributed by atoms with Crippen molar-refractivity contribution in [1.82, 2.24) is 4.57 Å². The van der Waals surface area contributed by atoms with Gasteiger partial charge in [-0.15, -0.1) is 0 Å². The van der Waals surface area contributed by atoms with Crippen molar-refractivity contribution in [3.05, 3.63) is 28.7 Å². The van der Waals surface area contributed by atoms with Crippen LogP contribution in [0.2, 0.25) is 0 Å². The average Bonchev–Trinajstić information content (AvgIpc) is 2.08. The summed E-state index contributed by atoms with van der Waals surface area (Å²) in [5, 5.41) is 0. The summed E-state index contributed by atoms with van der Waals surface area (Å²) in [4.78, 5) is 11.3. The molecule has 1 unspecified atom stereocenters. The van der Waals surface area contributed by atoms with E-state index in [1.165, 1.54) is 6.07 Å². The Bertz CT molecular complexity index is 317.